The van der Waals surface area contributed by atoms with Crippen molar-refractivity contribution in [3.63, 3.8) is 0 Å². The number of amides is 1. The maximum atomic E-state index is 11.9. The van der Waals surface area contributed by atoms with Crippen LogP contribution in [0.25, 0.3) is 0 Å². The minimum absolute atomic E-state index is 0.0618. The maximum absolute atomic E-state index is 11.9. The fraction of sp³-hybridized carbons (Fsp3) is 0.562. The number of halogens is 1. The lowest BCUT2D eigenvalue weighted by atomic mass is 10.1. The molecule has 0 bridgehead atoms. The van der Waals surface area contributed by atoms with Crippen molar-refractivity contribution in [1.82, 2.24) is 10.6 Å². The van der Waals surface area contributed by atoms with Gasteiger partial charge in [0, 0.05) is 30.3 Å². The van der Waals surface area contributed by atoms with Crippen LogP contribution in [0.15, 0.2) is 22.7 Å². The van der Waals surface area contributed by atoms with Gasteiger partial charge >= 0.3 is 0 Å². The third kappa shape index (κ3) is 6.48. The average Bonchev–Trinajstić information content (AvgIpc) is 2.46. The number of benzene rings is 1. The molecule has 1 amide bonds. The standard InChI is InChI=1S/C16H26BrN3O/c1-4-8-18-11-13-6-7-14(17)10-15(13)20(3)12-16(21)19-9-5-2/h6-7,10,18H,4-5,8-9,11-12H2,1-3H3,(H,19,21). The SMILES string of the molecule is CCCNCc1ccc(Br)cc1N(C)CC(=O)NCCC. The molecule has 4 nitrogen and oxygen atoms in total. The number of nitrogens with zero attached hydrogens (tertiary/aromatic N) is 1. The molecular weight excluding hydrogens is 330 g/mol. The Kier molecular flexibility index (Phi) is 8.38. The Morgan fingerprint density at radius 3 is 2.62 bits per heavy atom. The van der Waals surface area contributed by atoms with Crippen LogP contribution >= 0.6 is 15.9 Å². The minimum Gasteiger partial charge on any atom is -0.365 e. The van der Waals surface area contributed by atoms with E-state index in [4.69, 9.17) is 0 Å². The molecule has 0 atom stereocenters. The van der Waals surface area contributed by atoms with E-state index in [1.54, 1.807) is 0 Å². The van der Waals surface area contributed by atoms with Gasteiger partial charge in [-0.1, -0.05) is 35.8 Å². The quantitative estimate of drug-likeness (QED) is 0.669. The summed E-state index contributed by atoms with van der Waals surface area (Å²) >= 11 is 3.51. The molecule has 118 valence electrons. The van der Waals surface area contributed by atoms with E-state index in [1.807, 2.05) is 18.0 Å². The van der Waals surface area contributed by atoms with Crippen LogP contribution < -0.4 is 15.5 Å². The number of carbonyl (C=O) groups is 1. The topological polar surface area (TPSA) is 44.4 Å². The van der Waals surface area contributed by atoms with Crippen molar-refractivity contribution in [2.24, 2.45) is 0 Å². The zero-order valence-corrected chi connectivity index (χ0v) is 14.8. The van der Waals surface area contributed by atoms with Crippen molar-refractivity contribution in [2.45, 2.75) is 33.2 Å². The van der Waals surface area contributed by atoms with E-state index >= 15 is 0 Å². The Morgan fingerprint density at radius 1 is 1.24 bits per heavy atom. The monoisotopic (exact) mass is 355 g/mol. The summed E-state index contributed by atoms with van der Waals surface area (Å²) < 4.78 is 1.03. The van der Waals surface area contributed by atoms with Crippen LogP contribution in [0.4, 0.5) is 5.69 Å². The molecule has 0 saturated heterocycles. The molecule has 0 heterocycles. The van der Waals surface area contributed by atoms with Gasteiger partial charge in [-0.3, -0.25) is 4.79 Å². The summed E-state index contributed by atoms with van der Waals surface area (Å²) in [6, 6.07) is 6.20. The Hall–Kier alpha value is -1.07. The van der Waals surface area contributed by atoms with Gasteiger partial charge in [0.05, 0.1) is 6.54 Å². The lowest BCUT2D eigenvalue weighted by Crippen LogP contribution is -2.36. The molecule has 0 fully saturated rings. The molecule has 0 spiro atoms. The van der Waals surface area contributed by atoms with Gasteiger partial charge in [-0.2, -0.15) is 0 Å². The summed E-state index contributed by atoms with van der Waals surface area (Å²) in [6.07, 6.45) is 2.07. The number of hydrogen-bond acceptors (Lipinski definition) is 3. The van der Waals surface area contributed by atoms with E-state index in [1.165, 1.54) is 5.56 Å². The highest BCUT2D eigenvalue weighted by Gasteiger charge is 2.11. The number of nitrogens with one attached hydrogen (secondary N) is 2. The molecule has 0 aliphatic heterocycles. The predicted molar refractivity (Wildman–Crippen MR) is 92.7 cm³/mol. The average molecular weight is 356 g/mol. The highest BCUT2D eigenvalue weighted by molar-refractivity contribution is 9.10. The lowest BCUT2D eigenvalue weighted by Gasteiger charge is -2.22. The zero-order valence-electron chi connectivity index (χ0n) is 13.2. The first-order valence-corrected chi connectivity index (χ1v) is 8.34. The van der Waals surface area contributed by atoms with Crippen molar-refractivity contribution < 1.29 is 4.79 Å². The molecule has 2 N–H and O–H groups in total. The van der Waals surface area contributed by atoms with E-state index in [-0.39, 0.29) is 5.91 Å². The summed E-state index contributed by atoms with van der Waals surface area (Å²) in [5.74, 6) is 0.0618. The first kappa shape index (κ1) is 18.0. The Balaban J connectivity index is 2.73. The van der Waals surface area contributed by atoms with Gasteiger partial charge in [0.15, 0.2) is 0 Å². The van der Waals surface area contributed by atoms with Crippen LogP contribution in [-0.2, 0) is 11.3 Å². The van der Waals surface area contributed by atoms with E-state index in [0.29, 0.717) is 6.54 Å². The smallest absolute Gasteiger partial charge is 0.239 e. The lowest BCUT2D eigenvalue weighted by molar-refractivity contribution is -0.119. The zero-order chi connectivity index (χ0) is 15.7. The van der Waals surface area contributed by atoms with Gasteiger partial charge in [-0.25, -0.2) is 0 Å². The third-order valence-electron chi connectivity index (χ3n) is 3.15. The Labute approximate surface area is 136 Å². The fourth-order valence-electron chi connectivity index (χ4n) is 2.06. The summed E-state index contributed by atoms with van der Waals surface area (Å²) in [5, 5.41) is 6.32. The van der Waals surface area contributed by atoms with Crippen molar-refractivity contribution in [1.29, 1.82) is 0 Å². The molecule has 0 unspecified atom stereocenters. The number of anilines is 1. The van der Waals surface area contributed by atoms with Gasteiger partial charge in [0.2, 0.25) is 5.91 Å². The number of carbonyl (C=O) groups excluding carboxylic acids is 1. The molecule has 0 saturated carbocycles. The van der Waals surface area contributed by atoms with Crippen molar-refractivity contribution in [3.8, 4) is 0 Å². The molecule has 0 aliphatic carbocycles. The second-order valence-corrected chi connectivity index (χ2v) is 6.07. The maximum Gasteiger partial charge on any atom is 0.239 e. The van der Waals surface area contributed by atoms with Crippen molar-refractivity contribution in [3.05, 3.63) is 28.2 Å². The Bertz CT molecular complexity index is 451. The highest BCUT2D eigenvalue weighted by Crippen LogP contribution is 2.24. The summed E-state index contributed by atoms with van der Waals surface area (Å²) in [7, 11) is 1.95. The molecule has 0 radical (unpaired) electrons. The van der Waals surface area contributed by atoms with Crippen LogP contribution in [0, 0.1) is 0 Å². The van der Waals surface area contributed by atoms with Crippen molar-refractivity contribution in [2.75, 3.05) is 31.6 Å². The summed E-state index contributed by atoms with van der Waals surface area (Å²) in [4.78, 5) is 13.9. The van der Waals surface area contributed by atoms with Crippen LogP contribution in [-0.4, -0.2) is 32.6 Å². The largest absolute Gasteiger partial charge is 0.365 e. The predicted octanol–water partition coefficient (Wildman–Crippen LogP) is 2.91. The third-order valence-corrected chi connectivity index (χ3v) is 3.65. The first-order valence-electron chi connectivity index (χ1n) is 7.55. The molecule has 5 heteroatoms. The van der Waals surface area contributed by atoms with E-state index in [2.05, 4.69) is 52.5 Å². The summed E-state index contributed by atoms with van der Waals surface area (Å²) in [6.45, 7) is 7.12. The molecule has 0 aliphatic rings. The van der Waals surface area contributed by atoms with E-state index in [9.17, 15) is 4.79 Å². The summed E-state index contributed by atoms with van der Waals surface area (Å²) in [5.41, 5.74) is 2.29. The van der Waals surface area contributed by atoms with Gasteiger partial charge < -0.3 is 15.5 Å². The van der Waals surface area contributed by atoms with Crippen LogP contribution in [0.5, 0.6) is 0 Å². The van der Waals surface area contributed by atoms with Gasteiger partial charge in [0.1, 0.15) is 0 Å². The molecule has 21 heavy (non-hydrogen) atoms. The second-order valence-electron chi connectivity index (χ2n) is 5.16. The molecule has 0 aromatic heterocycles. The van der Waals surface area contributed by atoms with Crippen molar-refractivity contribution >= 4 is 27.5 Å². The second kappa shape index (κ2) is 9.79. The number of likely N-dealkylation sites (N-methyl/N-ethyl adjacent to an activating group) is 1. The number of hydrogen-bond donors (Lipinski definition) is 2. The van der Waals surface area contributed by atoms with Crippen LogP contribution in [0.3, 0.4) is 0 Å². The van der Waals surface area contributed by atoms with Gasteiger partial charge in [-0.15, -0.1) is 0 Å². The van der Waals surface area contributed by atoms with E-state index in [0.717, 1.165) is 42.6 Å². The molecular formula is C16H26BrN3O. The van der Waals surface area contributed by atoms with E-state index < -0.39 is 0 Å². The number of rotatable bonds is 9. The molecule has 1 rings (SSSR count). The Morgan fingerprint density at radius 2 is 1.95 bits per heavy atom. The van der Waals surface area contributed by atoms with Gasteiger partial charge in [0.25, 0.3) is 0 Å². The van der Waals surface area contributed by atoms with Crippen LogP contribution in [0.2, 0.25) is 0 Å². The minimum atomic E-state index is 0.0618. The highest BCUT2D eigenvalue weighted by atomic mass is 79.9. The normalized spacial score (nSPS) is 10.5. The fourth-order valence-corrected chi connectivity index (χ4v) is 2.41. The molecule has 1 aromatic rings. The van der Waals surface area contributed by atoms with Gasteiger partial charge in [-0.05, 0) is 37.1 Å². The molecule has 1 aromatic carbocycles. The van der Waals surface area contributed by atoms with Crippen LogP contribution in [0.1, 0.15) is 32.3 Å². The first-order chi connectivity index (χ1) is 10.1.